The molecule has 0 fully saturated rings. The van der Waals surface area contributed by atoms with Gasteiger partial charge in [-0.05, 0) is 38.5 Å². The zero-order valence-electron chi connectivity index (χ0n) is 14.7. The van der Waals surface area contributed by atoms with Crippen LogP contribution >= 0.6 is 11.3 Å². The lowest BCUT2D eigenvalue weighted by Crippen LogP contribution is -2.09. The molecule has 0 spiro atoms. The van der Waals surface area contributed by atoms with Gasteiger partial charge in [-0.25, -0.2) is 9.78 Å². The van der Waals surface area contributed by atoms with Gasteiger partial charge < -0.3 is 9.30 Å². The van der Waals surface area contributed by atoms with Crippen LogP contribution in [-0.4, -0.2) is 20.5 Å². The number of rotatable bonds is 6. The Morgan fingerprint density at radius 1 is 1.28 bits per heavy atom. The molecule has 3 rings (SSSR count). The smallest absolute Gasteiger partial charge is 0.340 e. The van der Waals surface area contributed by atoms with Gasteiger partial charge in [-0.3, -0.25) is 4.98 Å². The summed E-state index contributed by atoms with van der Waals surface area (Å²) < 4.78 is 7.53. The van der Waals surface area contributed by atoms with Crippen molar-refractivity contribution in [1.29, 1.82) is 0 Å². The molecule has 5 nitrogen and oxygen atoms in total. The van der Waals surface area contributed by atoms with Crippen LogP contribution in [0, 0.1) is 13.8 Å². The van der Waals surface area contributed by atoms with Crippen LogP contribution in [0.4, 0.5) is 0 Å². The van der Waals surface area contributed by atoms with Gasteiger partial charge in [-0.1, -0.05) is 13.0 Å². The van der Waals surface area contributed by atoms with Crippen molar-refractivity contribution < 1.29 is 9.53 Å². The summed E-state index contributed by atoms with van der Waals surface area (Å²) in [5.41, 5.74) is 4.26. The molecule has 0 saturated carbocycles. The van der Waals surface area contributed by atoms with Gasteiger partial charge in [-0.2, -0.15) is 0 Å². The molecule has 0 aliphatic carbocycles. The molecule has 0 unspecified atom stereocenters. The Hall–Kier alpha value is -2.47. The zero-order valence-corrected chi connectivity index (χ0v) is 15.5. The molecule has 0 aliphatic rings. The van der Waals surface area contributed by atoms with E-state index in [0.29, 0.717) is 12.1 Å². The van der Waals surface area contributed by atoms with Gasteiger partial charge >= 0.3 is 5.97 Å². The highest BCUT2D eigenvalue weighted by molar-refractivity contribution is 7.09. The fourth-order valence-electron chi connectivity index (χ4n) is 2.70. The summed E-state index contributed by atoms with van der Waals surface area (Å²) in [5, 5.41) is 3.00. The Bertz CT molecular complexity index is 868. The number of carbonyl (C=O) groups is 1. The van der Waals surface area contributed by atoms with Gasteiger partial charge in [0.15, 0.2) is 0 Å². The first-order chi connectivity index (χ1) is 12.1. The first-order valence-corrected chi connectivity index (χ1v) is 9.13. The molecule has 0 amide bonds. The summed E-state index contributed by atoms with van der Waals surface area (Å²) in [5.74, 6) is -0.314. The van der Waals surface area contributed by atoms with Crippen LogP contribution in [0.25, 0.3) is 0 Å². The third-order valence-corrected chi connectivity index (χ3v) is 5.13. The second-order valence-corrected chi connectivity index (χ2v) is 6.80. The third kappa shape index (κ3) is 3.96. The third-order valence-electron chi connectivity index (χ3n) is 4.09. The van der Waals surface area contributed by atoms with Crippen LogP contribution in [-0.2, 0) is 24.3 Å². The van der Waals surface area contributed by atoms with E-state index in [-0.39, 0.29) is 12.6 Å². The summed E-state index contributed by atoms with van der Waals surface area (Å²) in [7, 11) is 0. The number of aromatic nitrogens is 3. The van der Waals surface area contributed by atoms with E-state index in [0.717, 1.165) is 34.2 Å². The predicted octanol–water partition coefficient (Wildman–Crippen LogP) is 3.92. The maximum atomic E-state index is 12.5. The van der Waals surface area contributed by atoms with E-state index in [1.54, 1.807) is 17.5 Å². The van der Waals surface area contributed by atoms with Crippen molar-refractivity contribution in [1.82, 2.24) is 14.5 Å². The van der Waals surface area contributed by atoms with E-state index in [9.17, 15) is 4.79 Å². The molecule has 3 heterocycles. The first kappa shape index (κ1) is 17.4. The Labute approximate surface area is 151 Å². The van der Waals surface area contributed by atoms with Gasteiger partial charge in [0, 0.05) is 23.0 Å². The molecule has 0 bridgehead atoms. The largest absolute Gasteiger partial charge is 0.455 e. The Kier molecular flexibility index (Phi) is 5.28. The molecular formula is C19H21N3O2S. The monoisotopic (exact) mass is 355 g/mol. The van der Waals surface area contributed by atoms with Crippen LogP contribution in [0.5, 0.6) is 0 Å². The van der Waals surface area contributed by atoms with Crippen LogP contribution in [0.3, 0.4) is 0 Å². The lowest BCUT2D eigenvalue weighted by Gasteiger charge is -2.09. The van der Waals surface area contributed by atoms with Crippen molar-refractivity contribution >= 4 is 17.3 Å². The number of hydrogen-bond acceptors (Lipinski definition) is 5. The van der Waals surface area contributed by atoms with E-state index in [1.165, 1.54) is 0 Å². The Balaban J connectivity index is 1.71. The number of ether oxygens (including phenoxy) is 1. The zero-order chi connectivity index (χ0) is 17.8. The SMILES string of the molecule is CCc1nc(COC(=O)c2cc(C)n(Cc3ccccn3)c2C)cs1. The quantitative estimate of drug-likeness (QED) is 0.629. The molecule has 3 aromatic rings. The van der Waals surface area contributed by atoms with Gasteiger partial charge in [0.05, 0.1) is 28.5 Å². The average Bonchev–Trinajstić information content (AvgIpc) is 3.20. The van der Waals surface area contributed by atoms with E-state index < -0.39 is 0 Å². The molecule has 25 heavy (non-hydrogen) atoms. The number of thiazole rings is 1. The van der Waals surface area contributed by atoms with Crippen LogP contribution in [0.15, 0.2) is 35.8 Å². The number of nitrogens with zero attached hydrogens (tertiary/aromatic N) is 3. The van der Waals surface area contributed by atoms with Crippen LogP contribution in [0.2, 0.25) is 0 Å². The Morgan fingerprint density at radius 3 is 2.80 bits per heavy atom. The molecule has 6 heteroatoms. The number of esters is 1. The summed E-state index contributed by atoms with van der Waals surface area (Å²) in [6, 6.07) is 7.71. The summed E-state index contributed by atoms with van der Waals surface area (Å²) >= 11 is 1.59. The molecule has 0 atom stereocenters. The van der Waals surface area contributed by atoms with Gasteiger partial charge in [0.1, 0.15) is 6.61 Å². The minimum Gasteiger partial charge on any atom is -0.455 e. The molecule has 0 N–H and O–H groups in total. The molecule has 0 aromatic carbocycles. The Morgan fingerprint density at radius 2 is 2.12 bits per heavy atom. The van der Waals surface area contributed by atoms with Gasteiger partial charge in [-0.15, -0.1) is 11.3 Å². The maximum Gasteiger partial charge on any atom is 0.340 e. The van der Waals surface area contributed by atoms with Crippen LogP contribution < -0.4 is 0 Å². The van der Waals surface area contributed by atoms with Crippen molar-refractivity contribution in [3.63, 3.8) is 0 Å². The molecule has 130 valence electrons. The van der Waals surface area contributed by atoms with Crippen molar-refractivity contribution in [3.05, 3.63) is 69.2 Å². The van der Waals surface area contributed by atoms with Crippen molar-refractivity contribution in [3.8, 4) is 0 Å². The molecule has 3 aromatic heterocycles. The number of hydrogen-bond donors (Lipinski definition) is 0. The summed E-state index contributed by atoms with van der Waals surface area (Å²) in [6.07, 6.45) is 2.67. The molecule has 0 radical (unpaired) electrons. The standard InChI is InChI=1S/C19H21N3O2S/c1-4-18-21-16(12-25-18)11-24-19(23)17-9-13(2)22(14(17)3)10-15-7-5-6-8-20-15/h5-9,12H,4,10-11H2,1-3H3. The van der Waals surface area contributed by atoms with Crippen molar-refractivity contribution in [2.75, 3.05) is 0 Å². The van der Waals surface area contributed by atoms with E-state index >= 15 is 0 Å². The maximum absolute atomic E-state index is 12.5. The first-order valence-electron chi connectivity index (χ1n) is 8.25. The fraction of sp³-hybridized carbons (Fsp3) is 0.316. The second kappa shape index (κ2) is 7.61. The summed E-state index contributed by atoms with van der Waals surface area (Å²) in [4.78, 5) is 21.2. The molecular weight excluding hydrogens is 334 g/mol. The van der Waals surface area contributed by atoms with E-state index in [1.807, 2.05) is 43.5 Å². The lowest BCUT2D eigenvalue weighted by molar-refractivity contribution is 0.0467. The lowest BCUT2D eigenvalue weighted by atomic mass is 10.2. The predicted molar refractivity (Wildman–Crippen MR) is 97.9 cm³/mol. The average molecular weight is 355 g/mol. The van der Waals surface area contributed by atoms with Gasteiger partial charge in [0.25, 0.3) is 0 Å². The normalized spacial score (nSPS) is 10.8. The topological polar surface area (TPSA) is 57.0 Å². The van der Waals surface area contributed by atoms with Gasteiger partial charge in [0.2, 0.25) is 0 Å². The highest BCUT2D eigenvalue weighted by atomic mass is 32.1. The fourth-order valence-corrected chi connectivity index (χ4v) is 3.43. The molecule has 0 saturated heterocycles. The highest BCUT2D eigenvalue weighted by Gasteiger charge is 2.18. The minimum absolute atomic E-state index is 0.208. The number of aryl methyl sites for hydroxylation is 2. The van der Waals surface area contributed by atoms with Crippen LogP contribution in [0.1, 0.15) is 45.1 Å². The summed E-state index contributed by atoms with van der Waals surface area (Å²) in [6.45, 7) is 6.83. The minimum atomic E-state index is -0.314. The van der Waals surface area contributed by atoms with E-state index in [2.05, 4.69) is 21.5 Å². The second-order valence-electron chi connectivity index (χ2n) is 5.85. The highest BCUT2D eigenvalue weighted by Crippen LogP contribution is 2.19. The van der Waals surface area contributed by atoms with Crippen molar-refractivity contribution in [2.24, 2.45) is 0 Å². The molecule has 0 aliphatic heterocycles. The number of carbonyl (C=O) groups excluding carboxylic acids is 1. The van der Waals surface area contributed by atoms with Crippen molar-refractivity contribution in [2.45, 2.75) is 40.3 Å². The number of pyridine rings is 1. The van der Waals surface area contributed by atoms with E-state index in [4.69, 9.17) is 4.74 Å².